The number of nitrogens with one attached hydrogen (secondary N) is 1. The Labute approximate surface area is 169 Å². The largest absolute Gasteiger partial charge is 0.494 e. The fourth-order valence-electron chi connectivity index (χ4n) is 2.45. The van der Waals surface area contributed by atoms with E-state index in [1.807, 2.05) is 0 Å². The molecule has 1 N–H and O–H groups in total. The van der Waals surface area contributed by atoms with Crippen molar-refractivity contribution in [2.24, 2.45) is 0 Å². The number of methoxy groups -OCH3 is 1. The van der Waals surface area contributed by atoms with E-state index in [9.17, 15) is 17.2 Å². The molecule has 0 aliphatic heterocycles. The number of rotatable bonds is 6. The van der Waals surface area contributed by atoms with Crippen molar-refractivity contribution in [1.29, 1.82) is 0 Å². The van der Waals surface area contributed by atoms with Crippen LogP contribution in [-0.4, -0.2) is 25.4 Å². The third kappa shape index (κ3) is 4.06. The number of aromatic nitrogens is 2. The van der Waals surface area contributed by atoms with Gasteiger partial charge in [0.05, 0.1) is 27.7 Å². The van der Waals surface area contributed by atoms with Gasteiger partial charge in [0.25, 0.3) is 16.4 Å². The normalized spacial score (nSPS) is 11.6. The molecule has 0 atom stereocenters. The number of hydrogen-bond acceptors (Lipinski definition) is 4. The van der Waals surface area contributed by atoms with Crippen molar-refractivity contribution < 1.29 is 21.9 Å². The van der Waals surface area contributed by atoms with E-state index in [-0.39, 0.29) is 31.9 Å². The average Bonchev–Trinajstić information content (AvgIpc) is 3.05. The number of sulfonamides is 1. The second-order valence-corrected chi connectivity index (χ2v) is 8.02. The molecule has 0 amide bonds. The molecule has 28 heavy (non-hydrogen) atoms. The van der Waals surface area contributed by atoms with Crippen LogP contribution in [0.1, 0.15) is 12.1 Å². The first-order chi connectivity index (χ1) is 13.2. The Morgan fingerprint density at radius 3 is 2.25 bits per heavy atom. The van der Waals surface area contributed by atoms with Crippen LogP contribution < -0.4 is 9.57 Å². The first kappa shape index (κ1) is 20.4. The van der Waals surface area contributed by atoms with E-state index in [1.165, 1.54) is 43.5 Å². The number of benzene rings is 2. The molecule has 6 nitrogen and oxygen atoms in total. The van der Waals surface area contributed by atoms with E-state index in [0.29, 0.717) is 0 Å². The first-order valence-electron chi connectivity index (χ1n) is 7.72. The molecule has 0 saturated carbocycles. The van der Waals surface area contributed by atoms with Crippen LogP contribution >= 0.6 is 23.2 Å². The lowest BCUT2D eigenvalue weighted by Crippen LogP contribution is -2.25. The summed E-state index contributed by atoms with van der Waals surface area (Å²) < 4.78 is 56.6. The molecule has 0 fully saturated rings. The molecule has 0 aliphatic rings. The van der Waals surface area contributed by atoms with Crippen LogP contribution in [0.3, 0.4) is 0 Å². The zero-order valence-corrected chi connectivity index (χ0v) is 16.6. The van der Waals surface area contributed by atoms with E-state index < -0.39 is 22.1 Å². The molecular formula is C17H13Cl2F2N3O3S. The summed E-state index contributed by atoms with van der Waals surface area (Å²) in [6, 6.07) is 11.3. The van der Waals surface area contributed by atoms with Crippen molar-refractivity contribution in [2.45, 2.75) is 11.3 Å². The standard InChI is InChI=1S/C17H13Cl2F2N3O3S/c1-27-16-12(18)7-10(8-13(16)19)15-9-14(17(20)21)22-24(15)23-28(25,26)11-5-3-2-4-6-11/h2-9,17,23H,1H3. The van der Waals surface area contributed by atoms with Crippen LogP contribution in [0.4, 0.5) is 8.78 Å². The fraction of sp³-hybridized carbons (Fsp3) is 0.118. The van der Waals surface area contributed by atoms with Crippen molar-refractivity contribution in [3.63, 3.8) is 0 Å². The Balaban J connectivity index is 2.11. The van der Waals surface area contributed by atoms with E-state index in [1.54, 1.807) is 6.07 Å². The number of ether oxygens (including phenoxy) is 1. The van der Waals surface area contributed by atoms with Gasteiger partial charge in [0.15, 0.2) is 5.75 Å². The van der Waals surface area contributed by atoms with E-state index in [0.717, 1.165) is 10.9 Å². The highest BCUT2D eigenvalue weighted by molar-refractivity contribution is 7.92. The summed E-state index contributed by atoms with van der Waals surface area (Å²) in [5.41, 5.74) is -0.318. The second-order valence-electron chi connectivity index (χ2n) is 5.55. The predicted octanol–water partition coefficient (Wildman–Crippen LogP) is 4.74. The minimum atomic E-state index is -4.07. The summed E-state index contributed by atoms with van der Waals surface area (Å²) in [7, 11) is -2.70. The van der Waals surface area contributed by atoms with E-state index >= 15 is 0 Å². The van der Waals surface area contributed by atoms with Crippen LogP contribution in [0.2, 0.25) is 10.0 Å². The number of halogens is 4. The molecule has 148 valence electrons. The molecule has 2 aromatic carbocycles. The van der Waals surface area contributed by atoms with Gasteiger partial charge in [-0.25, -0.2) is 8.78 Å². The summed E-state index contributed by atoms with van der Waals surface area (Å²) in [6.07, 6.45) is -2.91. The number of hydrogen-bond donors (Lipinski definition) is 1. The minimum Gasteiger partial charge on any atom is -0.494 e. The van der Waals surface area contributed by atoms with Crippen LogP contribution in [0.15, 0.2) is 53.4 Å². The quantitative estimate of drug-likeness (QED) is 0.592. The highest BCUT2D eigenvalue weighted by Crippen LogP contribution is 2.38. The Hall–Kier alpha value is -2.36. The van der Waals surface area contributed by atoms with Gasteiger partial charge in [0.2, 0.25) is 0 Å². The van der Waals surface area contributed by atoms with Crippen LogP contribution in [-0.2, 0) is 10.0 Å². The smallest absolute Gasteiger partial charge is 0.282 e. The van der Waals surface area contributed by atoms with Crippen molar-refractivity contribution in [2.75, 3.05) is 11.9 Å². The maximum Gasteiger partial charge on any atom is 0.282 e. The van der Waals surface area contributed by atoms with Crippen molar-refractivity contribution in [1.82, 2.24) is 9.89 Å². The highest BCUT2D eigenvalue weighted by atomic mass is 35.5. The fourth-order valence-corrected chi connectivity index (χ4v) is 4.08. The van der Waals surface area contributed by atoms with Gasteiger partial charge >= 0.3 is 0 Å². The summed E-state index contributed by atoms with van der Waals surface area (Å²) in [5, 5.41) is 3.91. The second kappa shape index (κ2) is 7.94. The molecule has 3 rings (SSSR count). The predicted molar refractivity (Wildman–Crippen MR) is 102 cm³/mol. The molecule has 1 heterocycles. The molecule has 0 radical (unpaired) electrons. The van der Waals surface area contributed by atoms with Gasteiger partial charge in [0.1, 0.15) is 5.69 Å². The molecule has 0 saturated heterocycles. The molecule has 0 bridgehead atoms. The lowest BCUT2D eigenvalue weighted by Gasteiger charge is -2.13. The molecule has 11 heteroatoms. The van der Waals surface area contributed by atoms with Crippen molar-refractivity contribution in [3.8, 4) is 17.0 Å². The Bertz CT molecular complexity index is 1080. The molecule has 0 aliphatic carbocycles. The topological polar surface area (TPSA) is 73.2 Å². The summed E-state index contributed by atoms with van der Waals surface area (Å²) in [5.74, 6) is 0.206. The lowest BCUT2D eigenvalue weighted by atomic mass is 10.1. The zero-order chi connectivity index (χ0) is 20.5. The van der Waals surface area contributed by atoms with Gasteiger partial charge in [-0.05, 0) is 30.3 Å². The Kier molecular flexibility index (Phi) is 5.78. The van der Waals surface area contributed by atoms with Gasteiger partial charge < -0.3 is 4.74 Å². The summed E-state index contributed by atoms with van der Waals surface area (Å²) in [4.78, 5) is 2.87. The van der Waals surface area contributed by atoms with Gasteiger partial charge in [-0.15, -0.1) is 0 Å². The van der Waals surface area contributed by atoms with Gasteiger partial charge in [0, 0.05) is 5.56 Å². The van der Waals surface area contributed by atoms with Crippen LogP contribution in [0, 0.1) is 0 Å². The highest BCUT2D eigenvalue weighted by Gasteiger charge is 2.22. The number of alkyl halides is 2. The zero-order valence-electron chi connectivity index (χ0n) is 14.2. The SMILES string of the molecule is COc1c(Cl)cc(-c2cc(C(F)F)nn2NS(=O)(=O)c2ccccc2)cc1Cl. The molecular weight excluding hydrogens is 435 g/mol. The molecule has 0 spiro atoms. The average molecular weight is 448 g/mol. The van der Waals surface area contributed by atoms with E-state index in [2.05, 4.69) is 9.93 Å². The van der Waals surface area contributed by atoms with Crippen LogP contribution in [0.25, 0.3) is 11.3 Å². The number of nitrogens with zero attached hydrogens (tertiary/aromatic N) is 2. The monoisotopic (exact) mass is 447 g/mol. The maximum atomic E-state index is 13.2. The van der Waals surface area contributed by atoms with Gasteiger partial charge in [-0.3, -0.25) is 0 Å². The van der Waals surface area contributed by atoms with Crippen molar-refractivity contribution >= 4 is 33.2 Å². The Morgan fingerprint density at radius 1 is 1.11 bits per heavy atom. The third-order valence-corrected chi connectivity index (χ3v) is 5.58. The van der Waals surface area contributed by atoms with E-state index in [4.69, 9.17) is 27.9 Å². The molecule has 1 aromatic heterocycles. The molecule has 3 aromatic rings. The maximum absolute atomic E-state index is 13.2. The van der Waals surface area contributed by atoms with Crippen LogP contribution in [0.5, 0.6) is 5.75 Å². The van der Waals surface area contributed by atoms with Gasteiger partial charge in [-0.1, -0.05) is 41.4 Å². The minimum absolute atomic E-state index is 0.0289. The van der Waals surface area contributed by atoms with Crippen molar-refractivity contribution in [3.05, 3.63) is 64.3 Å². The third-order valence-electron chi connectivity index (χ3n) is 3.71. The molecule has 0 unspecified atom stereocenters. The summed E-state index contributed by atoms with van der Waals surface area (Å²) >= 11 is 12.2. The first-order valence-corrected chi connectivity index (χ1v) is 9.96. The summed E-state index contributed by atoms with van der Waals surface area (Å²) in [6.45, 7) is 0. The van der Waals surface area contributed by atoms with Gasteiger partial charge in [-0.2, -0.15) is 23.1 Å². The lowest BCUT2D eigenvalue weighted by molar-refractivity contribution is 0.145. The Morgan fingerprint density at radius 2 is 1.71 bits per heavy atom.